The van der Waals surface area contributed by atoms with Crippen molar-refractivity contribution in [1.82, 2.24) is 0 Å². The average molecular weight is 161 g/mol. The highest BCUT2D eigenvalue weighted by Gasteiger charge is 2.23. The minimum absolute atomic E-state index is 0.301. The normalized spacial score (nSPS) is 28.8. The van der Waals surface area contributed by atoms with Crippen LogP contribution < -0.4 is 5.73 Å². The fraction of sp³-hybridized carbons (Fsp3) is 1.00. The molecule has 1 fully saturated rings. The van der Waals surface area contributed by atoms with Crippen molar-refractivity contribution in [2.45, 2.75) is 12.5 Å². The molecule has 1 rings (SSSR count). The van der Waals surface area contributed by atoms with Crippen molar-refractivity contribution in [3.05, 3.63) is 0 Å². The van der Waals surface area contributed by atoms with Crippen molar-refractivity contribution in [2.75, 3.05) is 25.2 Å². The summed E-state index contributed by atoms with van der Waals surface area (Å²) in [6.07, 6.45) is 1.58. The zero-order valence-electron chi connectivity index (χ0n) is 6.38. The van der Waals surface area contributed by atoms with Crippen LogP contribution in [0, 0.1) is 5.92 Å². The highest BCUT2D eigenvalue weighted by molar-refractivity contribution is 7.99. The van der Waals surface area contributed by atoms with Crippen LogP contribution in [0.2, 0.25) is 0 Å². The van der Waals surface area contributed by atoms with Gasteiger partial charge in [0.2, 0.25) is 0 Å². The fourth-order valence-electron chi connectivity index (χ4n) is 1.33. The van der Waals surface area contributed by atoms with Gasteiger partial charge in [-0.15, -0.1) is 0 Å². The molecule has 1 aliphatic heterocycles. The number of hydrogen-bond acceptors (Lipinski definition) is 3. The van der Waals surface area contributed by atoms with Gasteiger partial charge in [-0.1, -0.05) is 0 Å². The summed E-state index contributed by atoms with van der Waals surface area (Å²) in [6.45, 7) is 0.668. The van der Waals surface area contributed by atoms with E-state index in [4.69, 9.17) is 10.5 Å². The first kappa shape index (κ1) is 8.37. The van der Waals surface area contributed by atoms with Crippen LogP contribution in [0.25, 0.3) is 0 Å². The van der Waals surface area contributed by atoms with E-state index >= 15 is 0 Å². The summed E-state index contributed by atoms with van der Waals surface area (Å²) in [7, 11) is 1.75. The van der Waals surface area contributed by atoms with Crippen LogP contribution in [-0.4, -0.2) is 31.3 Å². The smallest absolute Gasteiger partial charge is 0.0729 e. The van der Waals surface area contributed by atoms with Gasteiger partial charge in [-0.2, -0.15) is 11.8 Å². The Morgan fingerprint density at radius 1 is 1.80 bits per heavy atom. The molecule has 3 heteroatoms. The van der Waals surface area contributed by atoms with E-state index in [0.29, 0.717) is 18.6 Å². The van der Waals surface area contributed by atoms with Gasteiger partial charge < -0.3 is 10.5 Å². The van der Waals surface area contributed by atoms with Crippen LogP contribution in [0.3, 0.4) is 0 Å². The molecule has 2 atom stereocenters. The van der Waals surface area contributed by atoms with E-state index in [1.807, 2.05) is 11.8 Å². The molecule has 60 valence electrons. The fourth-order valence-corrected chi connectivity index (χ4v) is 2.65. The van der Waals surface area contributed by atoms with Gasteiger partial charge in [0.05, 0.1) is 6.10 Å². The van der Waals surface area contributed by atoms with Gasteiger partial charge in [0.25, 0.3) is 0 Å². The standard InChI is InChI=1S/C7H15NOS/c1-9-7(4-8)6-2-3-10-5-6/h6-7H,2-5,8H2,1H3. The van der Waals surface area contributed by atoms with Crippen LogP contribution in [0.15, 0.2) is 0 Å². The summed E-state index contributed by atoms with van der Waals surface area (Å²) in [4.78, 5) is 0. The van der Waals surface area contributed by atoms with Crippen molar-refractivity contribution < 1.29 is 4.74 Å². The average Bonchev–Trinajstić information content (AvgIpc) is 2.43. The number of rotatable bonds is 3. The van der Waals surface area contributed by atoms with Crippen LogP contribution in [0.5, 0.6) is 0 Å². The molecule has 1 saturated heterocycles. The molecule has 0 aromatic carbocycles. The van der Waals surface area contributed by atoms with Crippen LogP contribution in [0.4, 0.5) is 0 Å². The topological polar surface area (TPSA) is 35.2 Å². The number of thioether (sulfide) groups is 1. The molecule has 0 aromatic heterocycles. The van der Waals surface area contributed by atoms with Crippen molar-refractivity contribution in [3.63, 3.8) is 0 Å². The second kappa shape index (κ2) is 4.21. The Labute approximate surface area is 66.5 Å². The Bertz CT molecular complexity index is 89.6. The maximum Gasteiger partial charge on any atom is 0.0729 e. The molecule has 0 amide bonds. The summed E-state index contributed by atoms with van der Waals surface area (Å²) < 4.78 is 5.25. The summed E-state index contributed by atoms with van der Waals surface area (Å²) >= 11 is 2.01. The SMILES string of the molecule is COC(CN)C1CCSC1. The lowest BCUT2D eigenvalue weighted by molar-refractivity contribution is 0.0682. The third-order valence-corrected chi connectivity index (χ3v) is 3.21. The second-order valence-corrected chi connectivity index (χ2v) is 3.78. The monoisotopic (exact) mass is 161 g/mol. The second-order valence-electron chi connectivity index (χ2n) is 2.63. The van der Waals surface area contributed by atoms with Gasteiger partial charge in [-0.3, -0.25) is 0 Å². The molecule has 1 aliphatic rings. The van der Waals surface area contributed by atoms with E-state index in [9.17, 15) is 0 Å². The summed E-state index contributed by atoms with van der Waals surface area (Å²) in [5.74, 6) is 3.22. The van der Waals surface area contributed by atoms with Crippen LogP contribution >= 0.6 is 11.8 Å². The predicted molar refractivity (Wildman–Crippen MR) is 45.3 cm³/mol. The quantitative estimate of drug-likeness (QED) is 0.662. The number of nitrogens with two attached hydrogens (primary N) is 1. The lowest BCUT2D eigenvalue weighted by Gasteiger charge is -2.18. The minimum atomic E-state index is 0.301. The highest BCUT2D eigenvalue weighted by Crippen LogP contribution is 2.26. The van der Waals surface area contributed by atoms with Crippen LogP contribution in [-0.2, 0) is 4.74 Å². The maximum atomic E-state index is 5.53. The number of hydrogen-bond donors (Lipinski definition) is 1. The van der Waals surface area contributed by atoms with Crippen LogP contribution in [0.1, 0.15) is 6.42 Å². The molecule has 0 spiro atoms. The Morgan fingerprint density at radius 2 is 2.60 bits per heavy atom. The third-order valence-electron chi connectivity index (χ3n) is 2.03. The van der Waals surface area contributed by atoms with E-state index in [1.54, 1.807) is 7.11 Å². The Balaban J connectivity index is 2.29. The Morgan fingerprint density at radius 3 is 3.00 bits per heavy atom. The van der Waals surface area contributed by atoms with Gasteiger partial charge in [-0.25, -0.2) is 0 Å². The molecule has 0 bridgehead atoms. The van der Waals surface area contributed by atoms with E-state index in [2.05, 4.69) is 0 Å². The first-order valence-electron chi connectivity index (χ1n) is 3.69. The lowest BCUT2D eigenvalue weighted by atomic mass is 10.0. The summed E-state index contributed by atoms with van der Waals surface area (Å²) in [5.41, 5.74) is 5.53. The van der Waals surface area contributed by atoms with Crippen molar-refractivity contribution in [3.8, 4) is 0 Å². The molecule has 0 radical (unpaired) electrons. The minimum Gasteiger partial charge on any atom is -0.380 e. The van der Waals surface area contributed by atoms with Gasteiger partial charge in [0.15, 0.2) is 0 Å². The van der Waals surface area contributed by atoms with Crippen molar-refractivity contribution >= 4 is 11.8 Å². The first-order valence-corrected chi connectivity index (χ1v) is 4.84. The number of methoxy groups -OCH3 is 1. The summed E-state index contributed by atoms with van der Waals surface area (Å²) in [5, 5.41) is 0. The molecule has 2 unspecified atom stereocenters. The van der Waals surface area contributed by atoms with E-state index in [1.165, 1.54) is 17.9 Å². The first-order chi connectivity index (χ1) is 4.88. The van der Waals surface area contributed by atoms with Gasteiger partial charge in [-0.05, 0) is 23.8 Å². The zero-order valence-corrected chi connectivity index (χ0v) is 7.19. The van der Waals surface area contributed by atoms with Gasteiger partial charge >= 0.3 is 0 Å². The molecule has 0 aromatic rings. The lowest BCUT2D eigenvalue weighted by Crippen LogP contribution is -2.30. The maximum absolute atomic E-state index is 5.53. The highest BCUT2D eigenvalue weighted by atomic mass is 32.2. The largest absolute Gasteiger partial charge is 0.380 e. The Kier molecular flexibility index (Phi) is 3.52. The molecule has 1 heterocycles. The molecule has 0 saturated carbocycles. The molecule has 2 nitrogen and oxygen atoms in total. The molecule has 0 aliphatic carbocycles. The van der Waals surface area contributed by atoms with Crippen molar-refractivity contribution in [2.24, 2.45) is 11.7 Å². The molecule has 10 heavy (non-hydrogen) atoms. The molecule has 2 N–H and O–H groups in total. The van der Waals surface area contributed by atoms with E-state index in [-0.39, 0.29) is 0 Å². The third kappa shape index (κ3) is 1.87. The summed E-state index contributed by atoms with van der Waals surface area (Å²) in [6, 6.07) is 0. The van der Waals surface area contributed by atoms with Gasteiger partial charge in [0, 0.05) is 13.7 Å². The number of ether oxygens (including phenoxy) is 1. The van der Waals surface area contributed by atoms with Gasteiger partial charge in [0.1, 0.15) is 0 Å². The van der Waals surface area contributed by atoms with Crippen molar-refractivity contribution in [1.29, 1.82) is 0 Å². The zero-order chi connectivity index (χ0) is 7.40. The molecular formula is C7H15NOS. The van der Waals surface area contributed by atoms with E-state index in [0.717, 1.165) is 0 Å². The molecular weight excluding hydrogens is 146 g/mol. The predicted octanol–water partition coefficient (Wildman–Crippen LogP) is 0.713. The van der Waals surface area contributed by atoms with E-state index < -0.39 is 0 Å². The Hall–Kier alpha value is 0.270.